The third kappa shape index (κ3) is 3.36. The number of benzene rings is 2. The zero-order valence-electron chi connectivity index (χ0n) is 13.7. The van der Waals surface area contributed by atoms with Gasteiger partial charge in [0.2, 0.25) is 0 Å². The Morgan fingerprint density at radius 2 is 1.48 bits per heavy atom. The van der Waals surface area contributed by atoms with Crippen molar-refractivity contribution in [2.24, 2.45) is 0 Å². The molecule has 1 nitrogen and oxygen atoms in total. The van der Waals surface area contributed by atoms with Gasteiger partial charge in [0.15, 0.2) is 0 Å². The minimum absolute atomic E-state index is 0.280. The van der Waals surface area contributed by atoms with E-state index in [0.717, 1.165) is 19.3 Å². The molecular formula is C20H27N. The highest BCUT2D eigenvalue weighted by Gasteiger charge is 2.17. The second-order valence-corrected chi connectivity index (χ2v) is 5.51. The lowest BCUT2D eigenvalue weighted by Crippen LogP contribution is -2.20. The summed E-state index contributed by atoms with van der Waals surface area (Å²) in [5.41, 5.74) is 7.13. The van der Waals surface area contributed by atoms with Gasteiger partial charge >= 0.3 is 0 Å². The normalized spacial score (nSPS) is 12.4. The SMILES string of the molecule is CCc1ccc(CC)c(C(NC)c2ccccc2CC)c1. The van der Waals surface area contributed by atoms with E-state index in [0.29, 0.717) is 0 Å². The van der Waals surface area contributed by atoms with Crippen LogP contribution < -0.4 is 5.32 Å². The highest BCUT2D eigenvalue weighted by Crippen LogP contribution is 2.29. The van der Waals surface area contributed by atoms with Gasteiger partial charge in [-0.25, -0.2) is 0 Å². The Bertz CT molecular complexity index is 586. The molecule has 0 heterocycles. The molecule has 0 amide bonds. The van der Waals surface area contributed by atoms with Crippen LogP contribution in [0.15, 0.2) is 42.5 Å². The van der Waals surface area contributed by atoms with Crippen LogP contribution in [-0.4, -0.2) is 7.05 Å². The molecular weight excluding hydrogens is 254 g/mol. The number of hydrogen-bond donors (Lipinski definition) is 1. The first-order valence-corrected chi connectivity index (χ1v) is 8.11. The lowest BCUT2D eigenvalue weighted by atomic mass is 9.88. The van der Waals surface area contributed by atoms with E-state index in [-0.39, 0.29) is 6.04 Å². The van der Waals surface area contributed by atoms with Gasteiger partial charge in [0.25, 0.3) is 0 Å². The van der Waals surface area contributed by atoms with E-state index < -0.39 is 0 Å². The summed E-state index contributed by atoms with van der Waals surface area (Å²) in [6, 6.07) is 16.0. The van der Waals surface area contributed by atoms with Crippen LogP contribution in [0, 0.1) is 0 Å². The minimum Gasteiger partial charge on any atom is -0.309 e. The van der Waals surface area contributed by atoms with Gasteiger partial charge in [-0.3, -0.25) is 0 Å². The van der Waals surface area contributed by atoms with Crippen LogP contribution in [0.25, 0.3) is 0 Å². The van der Waals surface area contributed by atoms with E-state index >= 15 is 0 Å². The Labute approximate surface area is 129 Å². The highest BCUT2D eigenvalue weighted by molar-refractivity contribution is 5.43. The Morgan fingerprint density at radius 3 is 2.10 bits per heavy atom. The molecule has 1 unspecified atom stereocenters. The lowest BCUT2D eigenvalue weighted by molar-refractivity contribution is 0.675. The van der Waals surface area contributed by atoms with Gasteiger partial charge in [-0.05, 0) is 54.1 Å². The smallest absolute Gasteiger partial charge is 0.0579 e. The Balaban J connectivity index is 2.55. The van der Waals surface area contributed by atoms with Crippen molar-refractivity contribution in [3.63, 3.8) is 0 Å². The number of rotatable bonds is 6. The second kappa shape index (κ2) is 7.42. The maximum absolute atomic E-state index is 3.54. The molecule has 1 atom stereocenters. The molecule has 0 aliphatic carbocycles. The molecule has 2 aromatic rings. The molecule has 0 aromatic heterocycles. The summed E-state index contributed by atoms with van der Waals surface area (Å²) in [5, 5.41) is 3.54. The Kier molecular flexibility index (Phi) is 5.58. The molecule has 2 aromatic carbocycles. The van der Waals surface area contributed by atoms with Gasteiger partial charge in [0.05, 0.1) is 6.04 Å². The van der Waals surface area contributed by atoms with Gasteiger partial charge < -0.3 is 5.32 Å². The van der Waals surface area contributed by atoms with Crippen LogP contribution in [0.4, 0.5) is 0 Å². The first-order valence-electron chi connectivity index (χ1n) is 8.11. The van der Waals surface area contributed by atoms with E-state index in [2.05, 4.69) is 75.6 Å². The van der Waals surface area contributed by atoms with Gasteiger partial charge in [0, 0.05) is 0 Å². The largest absolute Gasteiger partial charge is 0.309 e. The fourth-order valence-corrected chi connectivity index (χ4v) is 3.07. The van der Waals surface area contributed by atoms with Crippen LogP contribution in [-0.2, 0) is 19.3 Å². The van der Waals surface area contributed by atoms with Gasteiger partial charge in [0.1, 0.15) is 0 Å². The highest BCUT2D eigenvalue weighted by atomic mass is 14.9. The number of aryl methyl sites for hydroxylation is 3. The van der Waals surface area contributed by atoms with E-state index in [1.165, 1.54) is 27.8 Å². The molecule has 0 bridgehead atoms. The maximum Gasteiger partial charge on any atom is 0.0579 e. The summed E-state index contributed by atoms with van der Waals surface area (Å²) < 4.78 is 0. The van der Waals surface area contributed by atoms with Crippen LogP contribution >= 0.6 is 0 Å². The zero-order chi connectivity index (χ0) is 15.2. The predicted molar refractivity (Wildman–Crippen MR) is 91.9 cm³/mol. The van der Waals surface area contributed by atoms with Crippen molar-refractivity contribution in [1.82, 2.24) is 5.32 Å². The van der Waals surface area contributed by atoms with Gasteiger partial charge in [-0.1, -0.05) is 63.2 Å². The quantitative estimate of drug-likeness (QED) is 0.810. The van der Waals surface area contributed by atoms with Crippen molar-refractivity contribution < 1.29 is 0 Å². The predicted octanol–water partition coefficient (Wildman–Crippen LogP) is 4.68. The van der Waals surface area contributed by atoms with Crippen molar-refractivity contribution in [3.05, 3.63) is 70.3 Å². The molecule has 1 N–H and O–H groups in total. The first-order chi connectivity index (χ1) is 10.2. The summed E-state index contributed by atoms with van der Waals surface area (Å²) >= 11 is 0. The molecule has 2 rings (SSSR count). The fourth-order valence-electron chi connectivity index (χ4n) is 3.07. The minimum atomic E-state index is 0.280. The van der Waals surface area contributed by atoms with Crippen LogP contribution in [0.5, 0.6) is 0 Å². The van der Waals surface area contributed by atoms with E-state index in [9.17, 15) is 0 Å². The zero-order valence-corrected chi connectivity index (χ0v) is 13.7. The van der Waals surface area contributed by atoms with Crippen molar-refractivity contribution in [3.8, 4) is 0 Å². The molecule has 0 radical (unpaired) electrons. The molecule has 0 aliphatic heterocycles. The molecule has 112 valence electrons. The molecule has 0 saturated carbocycles. The third-order valence-electron chi connectivity index (χ3n) is 4.35. The van der Waals surface area contributed by atoms with Crippen molar-refractivity contribution in [1.29, 1.82) is 0 Å². The van der Waals surface area contributed by atoms with Crippen molar-refractivity contribution >= 4 is 0 Å². The number of nitrogens with one attached hydrogen (secondary N) is 1. The van der Waals surface area contributed by atoms with Crippen LogP contribution in [0.1, 0.15) is 54.6 Å². The number of hydrogen-bond acceptors (Lipinski definition) is 1. The molecule has 1 heteroatoms. The Morgan fingerprint density at radius 1 is 0.810 bits per heavy atom. The molecule has 0 spiro atoms. The standard InChI is InChI=1S/C20H27N/c1-5-15-12-13-17(7-3)19(14-15)20(21-4)18-11-9-8-10-16(18)6-2/h8-14,20-21H,5-7H2,1-4H3. The summed E-state index contributed by atoms with van der Waals surface area (Å²) in [6.45, 7) is 6.69. The van der Waals surface area contributed by atoms with Crippen LogP contribution in [0.3, 0.4) is 0 Å². The van der Waals surface area contributed by atoms with E-state index in [1.807, 2.05) is 0 Å². The Hall–Kier alpha value is -1.60. The third-order valence-corrected chi connectivity index (χ3v) is 4.35. The second-order valence-electron chi connectivity index (χ2n) is 5.51. The molecule has 0 aliphatic rings. The fraction of sp³-hybridized carbons (Fsp3) is 0.400. The monoisotopic (exact) mass is 281 g/mol. The summed E-state index contributed by atoms with van der Waals surface area (Å²) in [4.78, 5) is 0. The van der Waals surface area contributed by atoms with Crippen LogP contribution in [0.2, 0.25) is 0 Å². The molecule has 0 fully saturated rings. The maximum atomic E-state index is 3.54. The molecule has 21 heavy (non-hydrogen) atoms. The first kappa shape index (κ1) is 15.8. The molecule has 0 saturated heterocycles. The summed E-state index contributed by atoms with van der Waals surface area (Å²) in [7, 11) is 2.06. The lowest BCUT2D eigenvalue weighted by Gasteiger charge is -2.23. The topological polar surface area (TPSA) is 12.0 Å². The summed E-state index contributed by atoms with van der Waals surface area (Å²) in [5.74, 6) is 0. The van der Waals surface area contributed by atoms with Crippen molar-refractivity contribution in [2.45, 2.75) is 46.1 Å². The van der Waals surface area contributed by atoms with Crippen molar-refractivity contribution in [2.75, 3.05) is 7.05 Å². The van der Waals surface area contributed by atoms with E-state index in [4.69, 9.17) is 0 Å². The van der Waals surface area contributed by atoms with Gasteiger partial charge in [-0.15, -0.1) is 0 Å². The van der Waals surface area contributed by atoms with E-state index in [1.54, 1.807) is 0 Å². The average molecular weight is 281 g/mol. The summed E-state index contributed by atoms with van der Waals surface area (Å²) in [6.07, 6.45) is 3.23. The van der Waals surface area contributed by atoms with Gasteiger partial charge in [-0.2, -0.15) is 0 Å². The average Bonchev–Trinajstić information content (AvgIpc) is 2.55.